The SMILES string of the molecule is C[C@@H](c1c[nH]c2ccccc12)[C@@H](NC(=O)N1CCC(Oc2ccccc2)CC1)C(=O)N1C[C@@H](CN(C)C)Cc2cc(Cl)ccc21. The molecule has 3 aromatic carbocycles. The van der Waals surface area contributed by atoms with Crippen LogP contribution in [0.4, 0.5) is 10.5 Å². The van der Waals surface area contributed by atoms with Crippen molar-refractivity contribution < 1.29 is 14.3 Å². The lowest BCUT2D eigenvalue weighted by Gasteiger charge is -2.39. The molecule has 2 aliphatic heterocycles. The zero-order valence-electron chi connectivity index (χ0n) is 26.2. The molecule has 3 heterocycles. The number of aromatic nitrogens is 1. The Morgan fingerprint density at radius 3 is 2.53 bits per heavy atom. The van der Waals surface area contributed by atoms with Gasteiger partial charge < -0.3 is 29.7 Å². The highest BCUT2D eigenvalue weighted by molar-refractivity contribution is 6.30. The van der Waals surface area contributed by atoms with Crippen molar-refractivity contribution in [2.45, 2.75) is 44.2 Å². The van der Waals surface area contributed by atoms with Gasteiger partial charge in [-0.2, -0.15) is 0 Å². The summed E-state index contributed by atoms with van der Waals surface area (Å²) in [6.45, 7) is 4.55. The van der Waals surface area contributed by atoms with Crippen LogP contribution in [0.15, 0.2) is 79.0 Å². The first-order chi connectivity index (χ1) is 21.8. The van der Waals surface area contributed by atoms with E-state index >= 15 is 0 Å². The molecule has 4 aromatic rings. The number of amides is 3. The summed E-state index contributed by atoms with van der Waals surface area (Å²) in [4.78, 5) is 37.8. The van der Waals surface area contributed by atoms with Gasteiger partial charge >= 0.3 is 6.03 Å². The minimum absolute atomic E-state index is 0.0457. The van der Waals surface area contributed by atoms with E-state index in [4.69, 9.17) is 16.3 Å². The number of nitrogens with zero attached hydrogens (tertiary/aromatic N) is 3. The molecule has 1 fully saturated rings. The summed E-state index contributed by atoms with van der Waals surface area (Å²) in [5.74, 6) is 0.671. The second-order valence-electron chi connectivity index (χ2n) is 12.7. The number of rotatable bonds is 8. The number of halogens is 1. The highest BCUT2D eigenvalue weighted by Gasteiger charge is 2.38. The summed E-state index contributed by atoms with van der Waals surface area (Å²) in [5.41, 5.74) is 3.92. The third-order valence-electron chi connectivity index (χ3n) is 9.10. The lowest BCUT2D eigenvalue weighted by molar-refractivity contribution is -0.121. The van der Waals surface area contributed by atoms with Gasteiger partial charge in [0.05, 0.1) is 0 Å². The molecular formula is C36H42ClN5O3. The normalized spacial score (nSPS) is 18.5. The Balaban J connectivity index is 1.26. The molecule has 3 atom stereocenters. The number of nitrogens with one attached hydrogen (secondary N) is 2. The number of hydrogen-bond acceptors (Lipinski definition) is 4. The van der Waals surface area contributed by atoms with Gasteiger partial charge in [0, 0.05) is 72.7 Å². The highest BCUT2D eigenvalue weighted by atomic mass is 35.5. The third kappa shape index (κ3) is 6.97. The lowest BCUT2D eigenvalue weighted by atomic mass is 9.88. The summed E-state index contributed by atoms with van der Waals surface area (Å²) in [6.07, 6.45) is 4.31. The number of ether oxygens (including phenoxy) is 1. The van der Waals surface area contributed by atoms with Gasteiger partial charge in [-0.25, -0.2) is 4.79 Å². The van der Waals surface area contributed by atoms with E-state index in [2.05, 4.69) is 35.4 Å². The number of urea groups is 1. The van der Waals surface area contributed by atoms with Gasteiger partial charge in [-0.15, -0.1) is 0 Å². The van der Waals surface area contributed by atoms with Gasteiger partial charge in [0.15, 0.2) is 0 Å². The van der Waals surface area contributed by atoms with E-state index < -0.39 is 6.04 Å². The van der Waals surface area contributed by atoms with Crippen molar-refractivity contribution in [2.24, 2.45) is 5.92 Å². The number of hydrogen-bond donors (Lipinski definition) is 2. The molecule has 0 bridgehead atoms. The molecule has 6 rings (SSSR count). The van der Waals surface area contributed by atoms with E-state index in [1.807, 2.05) is 89.7 Å². The van der Waals surface area contributed by atoms with Crippen molar-refractivity contribution >= 4 is 40.1 Å². The van der Waals surface area contributed by atoms with Gasteiger partial charge in [-0.05, 0) is 74.0 Å². The zero-order valence-corrected chi connectivity index (χ0v) is 27.0. The quantitative estimate of drug-likeness (QED) is 0.240. The van der Waals surface area contributed by atoms with E-state index in [1.54, 1.807) is 0 Å². The maximum Gasteiger partial charge on any atom is 0.318 e. The molecule has 3 amide bonds. The van der Waals surface area contributed by atoms with Crippen molar-refractivity contribution in [3.8, 4) is 5.75 Å². The van der Waals surface area contributed by atoms with Crippen LogP contribution in [-0.2, 0) is 11.2 Å². The molecule has 0 saturated carbocycles. The monoisotopic (exact) mass is 627 g/mol. The Bertz CT molecular complexity index is 1630. The summed E-state index contributed by atoms with van der Waals surface area (Å²) in [6, 6.07) is 22.6. The van der Waals surface area contributed by atoms with Crippen LogP contribution in [0.1, 0.15) is 36.8 Å². The summed E-state index contributed by atoms with van der Waals surface area (Å²) < 4.78 is 6.15. The fourth-order valence-corrected chi connectivity index (χ4v) is 7.07. The number of carbonyl (C=O) groups excluding carboxylic acids is 2. The number of anilines is 1. The van der Waals surface area contributed by atoms with Crippen LogP contribution in [-0.4, -0.2) is 79.1 Å². The molecule has 0 aliphatic carbocycles. The van der Waals surface area contributed by atoms with Crippen LogP contribution in [0.5, 0.6) is 5.75 Å². The van der Waals surface area contributed by atoms with Crippen molar-refractivity contribution in [2.75, 3.05) is 45.2 Å². The van der Waals surface area contributed by atoms with Gasteiger partial charge in [0.25, 0.3) is 0 Å². The number of H-pyrrole nitrogens is 1. The minimum atomic E-state index is -0.781. The van der Waals surface area contributed by atoms with E-state index in [0.29, 0.717) is 24.7 Å². The average Bonchev–Trinajstić information content (AvgIpc) is 3.47. The second-order valence-corrected chi connectivity index (χ2v) is 13.1. The van der Waals surface area contributed by atoms with Crippen LogP contribution in [0.3, 0.4) is 0 Å². The van der Waals surface area contributed by atoms with Gasteiger partial charge in [0.2, 0.25) is 5.91 Å². The van der Waals surface area contributed by atoms with Crippen molar-refractivity contribution in [1.29, 1.82) is 0 Å². The molecule has 45 heavy (non-hydrogen) atoms. The molecule has 2 aliphatic rings. The molecule has 0 spiro atoms. The van der Waals surface area contributed by atoms with Gasteiger partial charge in [-0.1, -0.05) is 54.9 Å². The number of benzene rings is 3. The van der Waals surface area contributed by atoms with Crippen LogP contribution < -0.4 is 15.0 Å². The van der Waals surface area contributed by atoms with E-state index in [-0.39, 0.29) is 29.9 Å². The zero-order chi connectivity index (χ0) is 31.5. The van der Waals surface area contributed by atoms with Crippen molar-refractivity contribution in [3.05, 3.63) is 95.1 Å². The van der Waals surface area contributed by atoms with Crippen molar-refractivity contribution in [3.63, 3.8) is 0 Å². The number of carbonyl (C=O) groups is 2. The topological polar surface area (TPSA) is 80.9 Å². The molecule has 0 unspecified atom stereocenters. The minimum Gasteiger partial charge on any atom is -0.490 e. The number of piperidine rings is 1. The third-order valence-corrected chi connectivity index (χ3v) is 9.34. The molecule has 8 nitrogen and oxygen atoms in total. The molecule has 0 radical (unpaired) electrons. The number of aromatic amines is 1. The average molecular weight is 628 g/mol. The maximum absolute atomic E-state index is 14.7. The first-order valence-corrected chi connectivity index (χ1v) is 16.2. The summed E-state index contributed by atoms with van der Waals surface area (Å²) in [7, 11) is 4.10. The number of para-hydroxylation sites is 2. The summed E-state index contributed by atoms with van der Waals surface area (Å²) in [5, 5.41) is 4.91. The number of fused-ring (bicyclic) bond motifs is 2. The van der Waals surface area contributed by atoms with E-state index in [0.717, 1.165) is 59.3 Å². The Kier molecular flexibility index (Phi) is 9.33. The molecular weight excluding hydrogens is 586 g/mol. The van der Waals surface area contributed by atoms with Crippen molar-refractivity contribution in [1.82, 2.24) is 20.1 Å². The Morgan fingerprint density at radius 1 is 1.04 bits per heavy atom. The first kappa shape index (κ1) is 31.0. The maximum atomic E-state index is 14.7. The summed E-state index contributed by atoms with van der Waals surface area (Å²) >= 11 is 6.42. The first-order valence-electron chi connectivity index (χ1n) is 15.8. The van der Waals surface area contributed by atoms with Crippen LogP contribution in [0, 0.1) is 5.92 Å². The Morgan fingerprint density at radius 2 is 1.78 bits per heavy atom. The fraction of sp³-hybridized carbons (Fsp3) is 0.389. The Labute approximate surface area is 270 Å². The molecule has 236 valence electrons. The largest absolute Gasteiger partial charge is 0.490 e. The van der Waals surface area contributed by atoms with Crippen LogP contribution >= 0.6 is 11.6 Å². The Hall–Kier alpha value is -4.01. The van der Waals surface area contributed by atoms with Crippen LogP contribution in [0.2, 0.25) is 5.02 Å². The number of likely N-dealkylation sites (tertiary alicyclic amines) is 1. The van der Waals surface area contributed by atoms with Crippen LogP contribution in [0.25, 0.3) is 10.9 Å². The smallest absolute Gasteiger partial charge is 0.318 e. The molecule has 1 aromatic heterocycles. The molecule has 2 N–H and O–H groups in total. The van der Waals surface area contributed by atoms with E-state index in [1.165, 1.54) is 0 Å². The molecule has 9 heteroatoms. The lowest BCUT2D eigenvalue weighted by Crippen LogP contribution is -2.57. The second kappa shape index (κ2) is 13.5. The molecule has 1 saturated heterocycles. The van der Waals surface area contributed by atoms with Gasteiger partial charge in [0.1, 0.15) is 17.9 Å². The highest BCUT2D eigenvalue weighted by Crippen LogP contribution is 2.35. The standard InChI is InChI=1S/C36H42ClN5O3/c1-24(31-21-38-32-12-8-7-11-30(31)32)34(39-36(44)41-17-15-29(16-18-41)45-28-9-5-4-6-10-28)35(43)42-23-25(22-40(2)3)19-26-20-27(37)13-14-33(26)42/h4-14,20-21,24-25,29,34,38H,15-19,22-23H2,1-3H3,(H,39,44)/t24-,25+,34+/m0/s1. The predicted molar refractivity (Wildman–Crippen MR) is 180 cm³/mol. The predicted octanol–water partition coefficient (Wildman–Crippen LogP) is 6.31. The fourth-order valence-electron chi connectivity index (χ4n) is 6.87. The van der Waals surface area contributed by atoms with Gasteiger partial charge in [-0.3, -0.25) is 4.79 Å². The van der Waals surface area contributed by atoms with E-state index in [9.17, 15) is 9.59 Å².